The second kappa shape index (κ2) is 7.57. The zero-order chi connectivity index (χ0) is 13.4. The maximum absolute atomic E-state index is 11.8. The van der Waals surface area contributed by atoms with Crippen LogP contribution in [0.3, 0.4) is 0 Å². The monoisotopic (exact) mass is 330 g/mol. The molecule has 98 valence electrons. The molecule has 0 spiro atoms. The van der Waals surface area contributed by atoms with Crippen LogP contribution in [0, 0.1) is 17.7 Å². The molecule has 0 atom stereocenters. The molecule has 0 unspecified atom stereocenters. The molecule has 1 aromatic rings. The molecule has 1 aromatic carbocycles. The van der Waals surface area contributed by atoms with E-state index in [1.807, 2.05) is 6.92 Å². The van der Waals surface area contributed by atoms with Crippen LogP contribution in [0.4, 0.5) is 0 Å². The Bertz CT molecular complexity index is 524. The summed E-state index contributed by atoms with van der Waals surface area (Å²) in [7, 11) is -3.62. The number of halogens is 1. The van der Waals surface area contributed by atoms with E-state index in [4.69, 9.17) is 4.18 Å². The van der Waals surface area contributed by atoms with Crippen molar-refractivity contribution in [3.8, 4) is 10.8 Å². The molecule has 0 aliphatic carbocycles. The molecule has 5 heteroatoms. The number of aryl methyl sites for hydroxylation is 1. The molecule has 18 heavy (non-hydrogen) atoms. The van der Waals surface area contributed by atoms with Gasteiger partial charge in [0.05, 0.1) is 11.5 Å². The van der Waals surface area contributed by atoms with Crippen LogP contribution >= 0.6 is 15.9 Å². The van der Waals surface area contributed by atoms with Gasteiger partial charge in [-0.15, -0.1) is 0 Å². The van der Waals surface area contributed by atoms with Gasteiger partial charge in [-0.25, -0.2) is 0 Å². The van der Waals surface area contributed by atoms with Crippen LogP contribution in [0.5, 0.6) is 0 Å². The molecule has 0 fully saturated rings. The summed E-state index contributed by atoms with van der Waals surface area (Å²) >= 11 is 3.00. The number of hydrogen-bond acceptors (Lipinski definition) is 3. The molecule has 0 saturated heterocycles. The van der Waals surface area contributed by atoms with Gasteiger partial charge in [-0.05, 0) is 36.7 Å². The molecule has 0 N–H and O–H groups in total. The Balaban J connectivity index is 2.44. The molecule has 0 aromatic heterocycles. The van der Waals surface area contributed by atoms with E-state index in [2.05, 4.69) is 26.7 Å². The van der Waals surface area contributed by atoms with Crippen LogP contribution in [0.15, 0.2) is 29.2 Å². The fourth-order valence-corrected chi connectivity index (χ4v) is 2.45. The summed E-state index contributed by atoms with van der Waals surface area (Å²) in [4.78, 5) is 2.81. The Morgan fingerprint density at radius 3 is 2.50 bits per heavy atom. The van der Waals surface area contributed by atoms with Crippen molar-refractivity contribution in [2.24, 2.45) is 0 Å². The Labute approximate surface area is 117 Å². The van der Waals surface area contributed by atoms with Crippen LogP contribution in [0.2, 0.25) is 0 Å². The van der Waals surface area contributed by atoms with Gasteiger partial charge in [-0.3, -0.25) is 4.18 Å². The predicted molar refractivity (Wildman–Crippen MR) is 74.9 cm³/mol. The van der Waals surface area contributed by atoms with Gasteiger partial charge in [0.25, 0.3) is 10.1 Å². The smallest absolute Gasteiger partial charge is 0.266 e. The molecule has 3 nitrogen and oxygen atoms in total. The van der Waals surface area contributed by atoms with E-state index in [9.17, 15) is 8.42 Å². The summed E-state index contributed by atoms with van der Waals surface area (Å²) in [5.74, 6) is 2.85. The minimum absolute atomic E-state index is 0.195. The molecule has 0 amide bonds. The fraction of sp³-hybridized carbons (Fsp3) is 0.385. The zero-order valence-electron chi connectivity index (χ0n) is 10.1. The quantitative estimate of drug-likeness (QED) is 0.457. The van der Waals surface area contributed by atoms with Crippen LogP contribution in [-0.4, -0.2) is 15.0 Å². The van der Waals surface area contributed by atoms with Crippen molar-refractivity contribution in [3.63, 3.8) is 0 Å². The topological polar surface area (TPSA) is 43.4 Å². The summed E-state index contributed by atoms with van der Waals surface area (Å²) in [6.07, 6.45) is 2.23. The first-order chi connectivity index (χ1) is 8.56. The highest BCUT2D eigenvalue weighted by atomic mass is 79.9. The van der Waals surface area contributed by atoms with Crippen molar-refractivity contribution in [2.45, 2.75) is 31.1 Å². The van der Waals surface area contributed by atoms with E-state index in [1.54, 1.807) is 24.3 Å². The van der Waals surface area contributed by atoms with E-state index >= 15 is 0 Å². The minimum atomic E-state index is -3.62. The second-order valence-corrected chi connectivity index (χ2v) is 5.83. The molecule has 0 saturated carbocycles. The third-order valence-electron chi connectivity index (χ3n) is 2.31. The van der Waals surface area contributed by atoms with Crippen molar-refractivity contribution in [1.82, 2.24) is 0 Å². The van der Waals surface area contributed by atoms with Crippen molar-refractivity contribution in [2.75, 3.05) is 6.61 Å². The standard InChI is InChI=1S/C13H15BrO3S/c1-12-6-8-13(9-7-12)18(15,16)17-11-5-3-2-4-10-14/h6-9H,2-3,5,11H2,1H3. The lowest BCUT2D eigenvalue weighted by Gasteiger charge is -2.05. The van der Waals surface area contributed by atoms with Gasteiger partial charge in [-0.2, -0.15) is 8.42 Å². The zero-order valence-corrected chi connectivity index (χ0v) is 12.6. The minimum Gasteiger partial charge on any atom is -0.266 e. The van der Waals surface area contributed by atoms with E-state index in [1.165, 1.54) is 0 Å². The number of unbranched alkanes of at least 4 members (excludes halogenated alkanes) is 2. The predicted octanol–water partition coefficient (Wildman–Crippen LogP) is 3.23. The van der Waals surface area contributed by atoms with Gasteiger partial charge in [-0.1, -0.05) is 23.6 Å². The van der Waals surface area contributed by atoms with E-state index in [0.29, 0.717) is 6.42 Å². The Morgan fingerprint density at radius 2 is 1.89 bits per heavy atom. The van der Waals surface area contributed by atoms with Crippen molar-refractivity contribution in [1.29, 1.82) is 0 Å². The van der Waals surface area contributed by atoms with Crippen LogP contribution in [-0.2, 0) is 14.3 Å². The van der Waals surface area contributed by atoms with Gasteiger partial charge in [0, 0.05) is 22.4 Å². The molecule has 0 aliphatic rings. The molecule has 0 bridgehead atoms. The molecule has 0 aliphatic heterocycles. The Morgan fingerprint density at radius 1 is 1.22 bits per heavy atom. The number of hydrogen-bond donors (Lipinski definition) is 0. The van der Waals surface area contributed by atoms with Crippen molar-refractivity contribution in [3.05, 3.63) is 29.8 Å². The molecular formula is C13H15BrO3S. The van der Waals surface area contributed by atoms with Gasteiger partial charge >= 0.3 is 0 Å². The first kappa shape index (κ1) is 15.2. The van der Waals surface area contributed by atoms with Crippen LogP contribution in [0.1, 0.15) is 24.8 Å². The highest BCUT2D eigenvalue weighted by molar-refractivity contribution is 9.12. The van der Waals surface area contributed by atoms with Crippen molar-refractivity contribution >= 4 is 26.0 Å². The maximum Gasteiger partial charge on any atom is 0.296 e. The van der Waals surface area contributed by atoms with E-state index < -0.39 is 10.1 Å². The second-order valence-electron chi connectivity index (χ2n) is 3.82. The summed E-state index contributed by atoms with van der Waals surface area (Å²) < 4.78 is 28.5. The van der Waals surface area contributed by atoms with Crippen molar-refractivity contribution < 1.29 is 12.6 Å². The molecule has 1 rings (SSSR count). The van der Waals surface area contributed by atoms with Gasteiger partial charge in [0.15, 0.2) is 0 Å². The summed E-state index contributed by atoms with van der Waals surface area (Å²) in [5.41, 5.74) is 1.02. The third kappa shape index (κ3) is 5.21. The fourth-order valence-electron chi connectivity index (χ4n) is 1.30. The lowest BCUT2D eigenvalue weighted by Crippen LogP contribution is -2.07. The first-order valence-electron chi connectivity index (χ1n) is 5.61. The van der Waals surface area contributed by atoms with Crippen LogP contribution < -0.4 is 0 Å². The van der Waals surface area contributed by atoms with Crippen LogP contribution in [0.25, 0.3) is 0 Å². The van der Waals surface area contributed by atoms with Gasteiger partial charge in [0.1, 0.15) is 0 Å². The highest BCUT2D eigenvalue weighted by Gasteiger charge is 2.13. The average Bonchev–Trinajstić information content (AvgIpc) is 2.34. The van der Waals surface area contributed by atoms with Gasteiger partial charge in [0.2, 0.25) is 0 Å². The van der Waals surface area contributed by atoms with E-state index in [0.717, 1.165) is 18.4 Å². The molecule has 0 radical (unpaired) electrons. The number of benzene rings is 1. The molecule has 0 heterocycles. The van der Waals surface area contributed by atoms with Gasteiger partial charge < -0.3 is 0 Å². The number of rotatable bonds is 6. The lowest BCUT2D eigenvalue weighted by molar-refractivity contribution is 0.309. The summed E-state index contributed by atoms with van der Waals surface area (Å²) in [6.45, 7) is 2.10. The largest absolute Gasteiger partial charge is 0.296 e. The summed E-state index contributed by atoms with van der Waals surface area (Å²) in [6, 6.07) is 6.62. The molecular weight excluding hydrogens is 316 g/mol. The lowest BCUT2D eigenvalue weighted by atomic mass is 10.2. The Kier molecular flexibility index (Phi) is 6.41. The van der Waals surface area contributed by atoms with E-state index in [-0.39, 0.29) is 11.5 Å². The Hall–Kier alpha value is -0.830. The highest BCUT2D eigenvalue weighted by Crippen LogP contribution is 2.13. The SMILES string of the molecule is Cc1ccc(S(=O)(=O)OCCCCC#CBr)cc1. The summed E-state index contributed by atoms with van der Waals surface area (Å²) in [5, 5.41) is 0. The normalized spacial score (nSPS) is 10.8. The third-order valence-corrected chi connectivity index (χ3v) is 3.92. The average molecular weight is 331 g/mol. The maximum atomic E-state index is 11.8. The first-order valence-corrected chi connectivity index (χ1v) is 7.81.